The monoisotopic (exact) mass is 477 g/mol. The molecule has 0 aliphatic heterocycles. The van der Waals surface area contributed by atoms with Crippen LogP contribution in [0.5, 0.6) is 0 Å². The Labute approximate surface area is 191 Å². The van der Waals surface area contributed by atoms with E-state index in [1.165, 1.54) is 24.3 Å². The quantitative estimate of drug-likeness (QED) is 0.297. The average molecular weight is 478 g/mol. The molecule has 0 atom stereocenters. The van der Waals surface area contributed by atoms with Crippen LogP contribution in [0.15, 0.2) is 40.5 Å². The number of primary sulfonamides is 1. The maximum atomic E-state index is 12.4. The first-order chi connectivity index (χ1) is 15.2. The topological polar surface area (TPSA) is 145 Å². The summed E-state index contributed by atoms with van der Waals surface area (Å²) in [5.41, 5.74) is 1.04. The molecule has 10 nitrogen and oxygen atoms in total. The number of rotatable bonds is 10. The molecule has 0 unspecified atom stereocenters. The zero-order valence-corrected chi connectivity index (χ0v) is 19.8. The van der Waals surface area contributed by atoms with E-state index >= 15 is 0 Å². The minimum atomic E-state index is -3.80. The van der Waals surface area contributed by atoms with E-state index in [4.69, 9.17) is 5.14 Å². The van der Waals surface area contributed by atoms with Crippen LogP contribution in [0.3, 0.4) is 0 Å². The van der Waals surface area contributed by atoms with Crippen molar-refractivity contribution < 1.29 is 13.2 Å². The number of thioether (sulfide) groups is 1. The highest BCUT2D eigenvalue weighted by Crippen LogP contribution is 2.24. The third kappa shape index (κ3) is 5.96. The van der Waals surface area contributed by atoms with Crippen LogP contribution in [-0.4, -0.2) is 52.9 Å². The fourth-order valence-electron chi connectivity index (χ4n) is 2.90. The number of nitrogens with zero attached hydrogens (tertiary/aromatic N) is 4. The van der Waals surface area contributed by atoms with Gasteiger partial charge in [-0.25, -0.2) is 28.2 Å². The SMILES string of the molecule is CCSc1nc(NCC(C)C)c2cnn(CCNC(=O)c3ccc(S(N)(=O)=O)cc3)c2n1. The number of nitrogens with one attached hydrogen (secondary N) is 2. The third-order valence-corrected chi connectivity index (χ3v) is 6.14. The second-order valence-corrected chi connectivity index (χ2v) is 10.3. The number of nitrogens with two attached hydrogens (primary N) is 1. The third-order valence-electron chi connectivity index (χ3n) is 4.48. The molecule has 4 N–H and O–H groups in total. The molecule has 0 aliphatic rings. The molecule has 2 heterocycles. The second kappa shape index (κ2) is 10.3. The molecule has 0 spiro atoms. The van der Waals surface area contributed by atoms with Gasteiger partial charge >= 0.3 is 0 Å². The number of amides is 1. The summed E-state index contributed by atoms with van der Waals surface area (Å²) in [7, 11) is -3.80. The van der Waals surface area contributed by atoms with Crippen molar-refractivity contribution >= 4 is 44.5 Å². The van der Waals surface area contributed by atoms with E-state index < -0.39 is 10.0 Å². The first kappa shape index (κ1) is 24.0. The van der Waals surface area contributed by atoms with Crippen LogP contribution < -0.4 is 15.8 Å². The van der Waals surface area contributed by atoms with Crippen LogP contribution in [0.4, 0.5) is 5.82 Å². The van der Waals surface area contributed by atoms with E-state index in [-0.39, 0.29) is 10.8 Å². The van der Waals surface area contributed by atoms with E-state index in [9.17, 15) is 13.2 Å². The van der Waals surface area contributed by atoms with Gasteiger partial charge in [-0.1, -0.05) is 32.5 Å². The number of anilines is 1. The first-order valence-electron chi connectivity index (χ1n) is 10.2. The summed E-state index contributed by atoms with van der Waals surface area (Å²) in [4.78, 5) is 21.6. The largest absolute Gasteiger partial charge is 0.369 e. The molecule has 2 aromatic heterocycles. The molecular weight excluding hydrogens is 450 g/mol. The van der Waals surface area contributed by atoms with Gasteiger partial charge < -0.3 is 10.6 Å². The van der Waals surface area contributed by atoms with Gasteiger partial charge in [-0.15, -0.1) is 0 Å². The summed E-state index contributed by atoms with van der Waals surface area (Å²) < 4.78 is 24.4. The fraction of sp³-hybridized carbons (Fsp3) is 0.400. The Kier molecular flexibility index (Phi) is 7.69. The van der Waals surface area contributed by atoms with Crippen LogP contribution in [0.2, 0.25) is 0 Å². The van der Waals surface area contributed by atoms with E-state index in [0.717, 1.165) is 23.5 Å². The minimum Gasteiger partial charge on any atom is -0.369 e. The van der Waals surface area contributed by atoms with Crippen molar-refractivity contribution in [3.8, 4) is 0 Å². The average Bonchev–Trinajstić information content (AvgIpc) is 3.14. The number of aromatic nitrogens is 4. The van der Waals surface area contributed by atoms with E-state index in [1.807, 2.05) is 6.92 Å². The van der Waals surface area contributed by atoms with Crippen molar-refractivity contribution in [1.29, 1.82) is 0 Å². The van der Waals surface area contributed by atoms with Gasteiger partial charge in [0.2, 0.25) is 10.0 Å². The first-order valence-corrected chi connectivity index (χ1v) is 12.7. The summed E-state index contributed by atoms with van der Waals surface area (Å²) in [6, 6.07) is 5.46. The normalized spacial score (nSPS) is 11.8. The Bertz CT molecular complexity index is 1190. The van der Waals surface area contributed by atoms with Crippen molar-refractivity contribution in [2.75, 3.05) is 24.2 Å². The fourth-order valence-corrected chi connectivity index (χ4v) is 3.98. The highest BCUT2D eigenvalue weighted by atomic mass is 32.2. The molecule has 32 heavy (non-hydrogen) atoms. The lowest BCUT2D eigenvalue weighted by Crippen LogP contribution is -2.27. The van der Waals surface area contributed by atoms with Crippen LogP contribution in [0.25, 0.3) is 11.0 Å². The van der Waals surface area contributed by atoms with Crippen molar-refractivity contribution in [2.45, 2.75) is 37.4 Å². The predicted molar refractivity (Wildman–Crippen MR) is 125 cm³/mol. The van der Waals surface area contributed by atoms with Crippen molar-refractivity contribution in [3.05, 3.63) is 36.0 Å². The lowest BCUT2D eigenvalue weighted by atomic mass is 10.2. The molecule has 3 aromatic rings. The van der Waals surface area contributed by atoms with Gasteiger partial charge in [-0.2, -0.15) is 5.10 Å². The van der Waals surface area contributed by atoms with Crippen LogP contribution in [0, 0.1) is 5.92 Å². The van der Waals surface area contributed by atoms with Crippen LogP contribution >= 0.6 is 11.8 Å². The Hall–Kier alpha value is -2.70. The number of hydrogen-bond acceptors (Lipinski definition) is 8. The maximum absolute atomic E-state index is 12.4. The summed E-state index contributed by atoms with van der Waals surface area (Å²) >= 11 is 1.55. The number of carbonyl (C=O) groups excluding carboxylic acids is 1. The molecule has 0 saturated heterocycles. The molecule has 0 fully saturated rings. The molecule has 0 radical (unpaired) electrons. The van der Waals surface area contributed by atoms with Gasteiger partial charge in [-0.05, 0) is 35.9 Å². The number of carbonyl (C=O) groups is 1. The Morgan fingerprint density at radius 3 is 2.56 bits per heavy atom. The van der Waals surface area contributed by atoms with E-state index in [1.54, 1.807) is 22.6 Å². The van der Waals surface area contributed by atoms with Crippen molar-refractivity contribution in [1.82, 2.24) is 25.1 Å². The number of benzene rings is 1. The zero-order valence-electron chi connectivity index (χ0n) is 18.2. The molecule has 0 bridgehead atoms. The molecule has 1 aromatic carbocycles. The van der Waals surface area contributed by atoms with E-state index in [0.29, 0.717) is 35.4 Å². The molecule has 172 valence electrons. The highest BCUT2D eigenvalue weighted by molar-refractivity contribution is 7.99. The van der Waals surface area contributed by atoms with Crippen LogP contribution in [-0.2, 0) is 16.6 Å². The van der Waals surface area contributed by atoms with Gasteiger partial charge in [0, 0.05) is 18.7 Å². The molecule has 3 rings (SSSR count). The van der Waals surface area contributed by atoms with E-state index in [2.05, 4.69) is 39.5 Å². The number of fused-ring (bicyclic) bond motifs is 1. The predicted octanol–water partition coefficient (Wildman–Crippen LogP) is 2.08. The van der Waals surface area contributed by atoms with Gasteiger partial charge in [0.15, 0.2) is 10.8 Å². The van der Waals surface area contributed by atoms with Gasteiger partial charge in [-0.3, -0.25) is 4.79 Å². The summed E-state index contributed by atoms with van der Waals surface area (Å²) in [5, 5.41) is 17.2. The lowest BCUT2D eigenvalue weighted by molar-refractivity contribution is 0.0952. The lowest BCUT2D eigenvalue weighted by Gasteiger charge is -2.11. The minimum absolute atomic E-state index is 0.0422. The van der Waals surface area contributed by atoms with Crippen molar-refractivity contribution in [3.63, 3.8) is 0 Å². The molecule has 0 aliphatic carbocycles. The number of sulfonamides is 1. The zero-order chi connectivity index (χ0) is 23.3. The summed E-state index contributed by atoms with van der Waals surface area (Å²) in [6.45, 7) is 7.82. The summed E-state index contributed by atoms with van der Waals surface area (Å²) in [6.07, 6.45) is 1.73. The van der Waals surface area contributed by atoms with Gasteiger partial charge in [0.1, 0.15) is 5.82 Å². The smallest absolute Gasteiger partial charge is 0.251 e. The summed E-state index contributed by atoms with van der Waals surface area (Å²) in [5.74, 6) is 1.75. The van der Waals surface area contributed by atoms with Crippen LogP contribution in [0.1, 0.15) is 31.1 Å². The Morgan fingerprint density at radius 2 is 1.94 bits per heavy atom. The Morgan fingerprint density at radius 1 is 1.22 bits per heavy atom. The standard InChI is InChI=1S/C20H27N7O3S2/c1-4-31-20-25-17(23-11-13(2)3)16-12-24-27(18(16)26-20)10-9-22-19(28)14-5-7-15(8-6-14)32(21,29)30/h5-8,12-13H,4,9-11H2,1-3H3,(H,22,28)(H2,21,29,30)(H,23,25,26). The van der Waals surface area contributed by atoms with Crippen molar-refractivity contribution in [2.24, 2.45) is 11.1 Å². The molecular formula is C20H27N7O3S2. The maximum Gasteiger partial charge on any atom is 0.251 e. The molecule has 0 saturated carbocycles. The second-order valence-electron chi connectivity index (χ2n) is 7.49. The Balaban J connectivity index is 1.71. The highest BCUT2D eigenvalue weighted by Gasteiger charge is 2.14. The van der Waals surface area contributed by atoms with Gasteiger partial charge in [0.25, 0.3) is 5.91 Å². The van der Waals surface area contributed by atoms with Gasteiger partial charge in [0.05, 0.1) is 23.0 Å². The number of hydrogen-bond donors (Lipinski definition) is 3. The molecule has 1 amide bonds. The molecule has 12 heteroatoms.